The summed E-state index contributed by atoms with van der Waals surface area (Å²) in [5, 5.41) is 0. The first kappa shape index (κ1) is 12.1. The summed E-state index contributed by atoms with van der Waals surface area (Å²) in [6.45, 7) is 0. The van der Waals surface area contributed by atoms with Gasteiger partial charge in [-0.15, -0.1) is 0 Å². The predicted octanol–water partition coefficient (Wildman–Crippen LogP) is 0.392. The molecule has 0 aromatic heterocycles. The van der Waals surface area contributed by atoms with Crippen LogP contribution in [0, 0.1) is 0 Å². The molecule has 0 aliphatic carbocycles. The van der Waals surface area contributed by atoms with Crippen molar-refractivity contribution in [1.82, 2.24) is 0 Å². The van der Waals surface area contributed by atoms with Gasteiger partial charge >= 0.3 is 36.0 Å². The average Bonchev–Trinajstić information content (AvgIpc) is 1.25. The quantitative estimate of drug-likeness (QED) is 0.388. The summed E-state index contributed by atoms with van der Waals surface area (Å²) >= 11 is 0. The topological polar surface area (TPSA) is 54.4 Å². The fourth-order valence-electron chi connectivity index (χ4n) is 0. The Labute approximate surface area is 62.6 Å². The van der Waals surface area contributed by atoms with Crippen LogP contribution in [0.25, 0.3) is 0 Å². The van der Waals surface area contributed by atoms with E-state index >= 15 is 0 Å². The molecule has 1 N–H and O–H groups in total. The van der Waals surface area contributed by atoms with Crippen molar-refractivity contribution in [3.05, 3.63) is 0 Å². The molecule has 0 saturated heterocycles. The first-order valence-corrected chi connectivity index (χ1v) is 2.73. The van der Waals surface area contributed by atoms with Crippen LogP contribution < -0.4 is 0 Å². The summed E-state index contributed by atoms with van der Waals surface area (Å²) in [5.41, 5.74) is -5.53. The maximum Gasteiger partial charge on any atom is 2.00 e. The van der Waals surface area contributed by atoms with Crippen LogP contribution in [0.5, 0.6) is 0 Å². The minimum absolute atomic E-state index is 0. The summed E-state index contributed by atoms with van der Waals surface area (Å²) in [7, 11) is -5.84. The predicted molar refractivity (Wildman–Crippen MR) is 17.6 cm³/mol. The molecular formula is CHF3O3PdS+2. The molecule has 58 valence electrons. The molecule has 0 spiro atoms. The zero-order valence-electron chi connectivity index (χ0n) is 3.62. The molecule has 0 aliphatic heterocycles. The largest absolute Gasteiger partial charge is 2.00 e. The molecule has 0 bridgehead atoms. The Morgan fingerprint density at radius 2 is 1.33 bits per heavy atom. The van der Waals surface area contributed by atoms with Gasteiger partial charge in [-0.25, -0.2) is 0 Å². The van der Waals surface area contributed by atoms with Crippen LogP contribution in [0.3, 0.4) is 0 Å². The van der Waals surface area contributed by atoms with Crippen LogP contribution in [0.15, 0.2) is 0 Å². The van der Waals surface area contributed by atoms with E-state index in [2.05, 4.69) is 0 Å². The van der Waals surface area contributed by atoms with Crippen molar-refractivity contribution >= 4 is 10.1 Å². The van der Waals surface area contributed by atoms with Crippen molar-refractivity contribution < 1.29 is 46.6 Å². The smallest absolute Gasteiger partial charge is 0.279 e. The fourth-order valence-corrected chi connectivity index (χ4v) is 0. The van der Waals surface area contributed by atoms with Crippen LogP contribution in [-0.4, -0.2) is 18.5 Å². The third kappa shape index (κ3) is 3.86. The van der Waals surface area contributed by atoms with Crippen molar-refractivity contribution in [2.45, 2.75) is 5.51 Å². The third-order valence-corrected chi connectivity index (χ3v) is 0.877. The Balaban J connectivity index is 0. The number of rotatable bonds is 0. The Kier molecular flexibility index (Phi) is 3.98. The van der Waals surface area contributed by atoms with Crippen molar-refractivity contribution in [3.63, 3.8) is 0 Å². The van der Waals surface area contributed by atoms with Crippen molar-refractivity contribution in [2.24, 2.45) is 0 Å². The first-order chi connectivity index (χ1) is 3.25. The average molecular weight is 256 g/mol. The maximum atomic E-state index is 10.7. The van der Waals surface area contributed by atoms with Crippen molar-refractivity contribution in [2.75, 3.05) is 0 Å². The van der Waals surface area contributed by atoms with E-state index in [9.17, 15) is 13.2 Å². The summed E-state index contributed by atoms with van der Waals surface area (Å²) < 4.78 is 57.5. The molecular weight excluding hydrogens is 255 g/mol. The summed E-state index contributed by atoms with van der Waals surface area (Å²) in [6.07, 6.45) is 0. The van der Waals surface area contributed by atoms with E-state index in [1.807, 2.05) is 0 Å². The standard InChI is InChI=1S/CHF3O3S.Pd/c2-1(3,4)8(5,6)7;/h(H,5,6,7);/q;+2. The van der Waals surface area contributed by atoms with E-state index in [1.165, 1.54) is 0 Å². The third-order valence-electron chi connectivity index (χ3n) is 0.292. The SMILES string of the molecule is O=S(=O)(O)C(F)(F)F.[Pd+2]. The second-order valence-electron chi connectivity index (χ2n) is 0.921. The zero-order valence-corrected chi connectivity index (χ0v) is 5.99. The van der Waals surface area contributed by atoms with E-state index in [0.29, 0.717) is 0 Å². The van der Waals surface area contributed by atoms with Crippen LogP contribution in [0.1, 0.15) is 0 Å². The van der Waals surface area contributed by atoms with Gasteiger partial charge in [0, 0.05) is 0 Å². The van der Waals surface area contributed by atoms with E-state index < -0.39 is 15.6 Å². The van der Waals surface area contributed by atoms with Gasteiger partial charge in [0.05, 0.1) is 0 Å². The molecule has 8 heteroatoms. The molecule has 0 saturated carbocycles. The van der Waals surface area contributed by atoms with E-state index in [-0.39, 0.29) is 20.4 Å². The normalized spacial score (nSPS) is 12.4. The summed E-state index contributed by atoms with van der Waals surface area (Å²) in [4.78, 5) is 0. The van der Waals surface area contributed by atoms with Gasteiger partial charge in [-0.05, 0) is 0 Å². The Morgan fingerprint density at radius 3 is 1.33 bits per heavy atom. The summed E-state index contributed by atoms with van der Waals surface area (Å²) in [5.74, 6) is 0. The first-order valence-electron chi connectivity index (χ1n) is 1.29. The molecule has 0 amide bonds. The van der Waals surface area contributed by atoms with E-state index in [1.54, 1.807) is 0 Å². The Bertz CT molecular complexity index is 168. The van der Waals surface area contributed by atoms with Gasteiger partial charge in [-0.1, -0.05) is 0 Å². The minimum atomic E-state index is -5.84. The second kappa shape index (κ2) is 2.97. The van der Waals surface area contributed by atoms with Crippen LogP contribution >= 0.6 is 0 Å². The van der Waals surface area contributed by atoms with Crippen molar-refractivity contribution in [3.8, 4) is 0 Å². The number of hydrogen-bond donors (Lipinski definition) is 1. The van der Waals surface area contributed by atoms with Gasteiger partial charge in [-0.3, -0.25) is 4.55 Å². The molecule has 3 nitrogen and oxygen atoms in total. The van der Waals surface area contributed by atoms with Gasteiger partial charge < -0.3 is 0 Å². The number of hydrogen-bond acceptors (Lipinski definition) is 2. The molecule has 0 unspecified atom stereocenters. The van der Waals surface area contributed by atoms with Crippen molar-refractivity contribution in [1.29, 1.82) is 0 Å². The number of alkyl halides is 3. The molecule has 0 radical (unpaired) electrons. The van der Waals surface area contributed by atoms with Gasteiger partial charge in [0.1, 0.15) is 0 Å². The van der Waals surface area contributed by atoms with Gasteiger partial charge in [0.25, 0.3) is 0 Å². The zero-order chi connectivity index (χ0) is 7.00. The molecule has 0 aliphatic rings. The Morgan fingerprint density at radius 1 is 1.22 bits per heavy atom. The Hall–Kier alpha value is 0.362. The van der Waals surface area contributed by atoms with Crippen LogP contribution in [0.4, 0.5) is 13.2 Å². The maximum absolute atomic E-state index is 10.7. The van der Waals surface area contributed by atoms with Crippen LogP contribution in [0.2, 0.25) is 0 Å². The number of halogens is 3. The minimum Gasteiger partial charge on any atom is -0.279 e. The molecule has 9 heavy (non-hydrogen) atoms. The molecule has 0 aromatic carbocycles. The fraction of sp³-hybridized carbons (Fsp3) is 1.00. The van der Waals surface area contributed by atoms with E-state index in [4.69, 9.17) is 13.0 Å². The monoisotopic (exact) mass is 256 g/mol. The van der Waals surface area contributed by atoms with E-state index in [0.717, 1.165) is 0 Å². The molecule has 0 aromatic rings. The molecule has 0 atom stereocenters. The summed E-state index contributed by atoms with van der Waals surface area (Å²) in [6, 6.07) is 0. The van der Waals surface area contributed by atoms with Gasteiger partial charge in [-0.2, -0.15) is 21.6 Å². The van der Waals surface area contributed by atoms with Gasteiger partial charge in [0.2, 0.25) is 0 Å². The molecule has 0 fully saturated rings. The van der Waals surface area contributed by atoms with Gasteiger partial charge in [0.15, 0.2) is 0 Å². The molecule has 0 rings (SSSR count). The second-order valence-corrected chi connectivity index (χ2v) is 2.33. The molecule has 0 heterocycles. The van der Waals surface area contributed by atoms with Crippen LogP contribution in [-0.2, 0) is 30.5 Å².